The van der Waals surface area contributed by atoms with Crippen molar-refractivity contribution in [3.05, 3.63) is 0 Å². The van der Waals surface area contributed by atoms with Crippen molar-refractivity contribution >= 4 is 0 Å². The number of fused-ring (bicyclic) bond motifs is 1. The van der Waals surface area contributed by atoms with Crippen LogP contribution in [0.2, 0.25) is 0 Å². The van der Waals surface area contributed by atoms with Gasteiger partial charge in [0.1, 0.15) is 17.8 Å². The van der Waals surface area contributed by atoms with Gasteiger partial charge < -0.3 is 20.1 Å². The van der Waals surface area contributed by atoms with Crippen molar-refractivity contribution in [2.75, 3.05) is 6.61 Å². The summed E-state index contributed by atoms with van der Waals surface area (Å²) in [5, 5.41) is 27.2. The molecule has 1 saturated carbocycles. The van der Waals surface area contributed by atoms with E-state index in [1.165, 1.54) is 0 Å². The molecule has 1 aliphatic heterocycles. The molecule has 10 heavy (non-hydrogen) atoms. The summed E-state index contributed by atoms with van der Waals surface area (Å²) in [5.41, 5.74) is -1.03. The monoisotopic (exact) mass is 146 g/mol. The molecule has 0 bridgehead atoms. The predicted molar refractivity (Wildman–Crippen MR) is 31.3 cm³/mol. The molecule has 1 saturated heterocycles. The van der Waals surface area contributed by atoms with Crippen molar-refractivity contribution in [2.45, 2.75) is 30.3 Å². The molecule has 4 nitrogen and oxygen atoms in total. The van der Waals surface area contributed by atoms with Crippen molar-refractivity contribution in [2.24, 2.45) is 0 Å². The first kappa shape index (κ1) is 6.54. The van der Waals surface area contributed by atoms with Gasteiger partial charge in [0.05, 0.1) is 12.7 Å². The first-order valence-corrected chi connectivity index (χ1v) is 3.35. The Hall–Kier alpha value is -0.160. The molecule has 2 aliphatic rings. The molecule has 1 heterocycles. The van der Waals surface area contributed by atoms with E-state index in [2.05, 4.69) is 0 Å². The van der Waals surface area contributed by atoms with Gasteiger partial charge in [-0.1, -0.05) is 0 Å². The number of ether oxygens (including phenoxy) is 1. The van der Waals surface area contributed by atoms with Crippen molar-refractivity contribution in [1.82, 2.24) is 0 Å². The minimum Gasteiger partial charge on any atom is -0.394 e. The van der Waals surface area contributed by atoms with Crippen LogP contribution in [-0.2, 0) is 4.74 Å². The molecule has 0 aromatic heterocycles. The molecule has 2 unspecified atom stereocenters. The van der Waals surface area contributed by atoms with Crippen LogP contribution in [0.15, 0.2) is 0 Å². The Morgan fingerprint density at radius 3 is 2.60 bits per heavy atom. The van der Waals surface area contributed by atoms with E-state index in [4.69, 9.17) is 9.84 Å². The molecule has 0 radical (unpaired) electrons. The van der Waals surface area contributed by atoms with Crippen molar-refractivity contribution in [3.63, 3.8) is 0 Å². The summed E-state index contributed by atoms with van der Waals surface area (Å²) in [4.78, 5) is 0. The average Bonchev–Trinajstić information content (AvgIpc) is 2.51. The molecule has 4 heteroatoms. The summed E-state index contributed by atoms with van der Waals surface area (Å²) in [6, 6.07) is 0. The lowest BCUT2D eigenvalue weighted by atomic mass is 10.1. The molecule has 2 rings (SSSR count). The lowest BCUT2D eigenvalue weighted by Crippen LogP contribution is -2.36. The highest BCUT2D eigenvalue weighted by Gasteiger charge is 2.67. The molecule has 0 aromatic rings. The minimum absolute atomic E-state index is 0.222. The largest absolute Gasteiger partial charge is 0.394 e. The SMILES string of the molecule is OCC1OC2C[C@@]2(O)[C@@H]1O. The highest BCUT2D eigenvalue weighted by molar-refractivity contribution is 5.17. The van der Waals surface area contributed by atoms with Gasteiger partial charge >= 0.3 is 0 Å². The van der Waals surface area contributed by atoms with E-state index in [1.54, 1.807) is 0 Å². The zero-order valence-electron chi connectivity index (χ0n) is 5.40. The first-order chi connectivity index (χ1) is 4.68. The minimum atomic E-state index is -1.03. The molecular formula is C6H10O4. The van der Waals surface area contributed by atoms with E-state index in [0.717, 1.165) is 0 Å². The number of hydrogen-bond donors (Lipinski definition) is 3. The van der Waals surface area contributed by atoms with Crippen LogP contribution in [0.1, 0.15) is 6.42 Å². The molecule has 3 N–H and O–H groups in total. The number of rotatable bonds is 1. The Morgan fingerprint density at radius 2 is 2.30 bits per heavy atom. The van der Waals surface area contributed by atoms with E-state index >= 15 is 0 Å². The fraction of sp³-hybridized carbons (Fsp3) is 1.00. The Morgan fingerprint density at radius 1 is 1.60 bits per heavy atom. The number of hydrogen-bond acceptors (Lipinski definition) is 4. The summed E-state index contributed by atoms with van der Waals surface area (Å²) in [6.45, 7) is -0.222. The normalized spacial score (nSPS) is 58.5. The molecular weight excluding hydrogens is 136 g/mol. The fourth-order valence-electron chi connectivity index (χ4n) is 1.47. The van der Waals surface area contributed by atoms with Gasteiger partial charge in [0.15, 0.2) is 0 Å². The maximum Gasteiger partial charge on any atom is 0.122 e. The third-order valence-electron chi connectivity index (χ3n) is 2.29. The van der Waals surface area contributed by atoms with Crippen LogP contribution in [-0.4, -0.2) is 45.8 Å². The van der Waals surface area contributed by atoms with Crippen LogP contribution in [0.3, 0.4) is 0 Å². The first-order valence-electron chi connectivity index (χ1n) is 3.35. The Balaban J connectivity index is 2.09. The van der Waals surface area contributed by atoms with Crippen LogP contribution in [0.5, 0.6) is 0 Å². The summed E-state index contributed by atoms with van der Waals surface area (Å²) in [7, 11) is 0. The van der Waals surface area contributed by atoms with Gasteiger partial charge in [-0.15, -0.1) is 0 Å². The van der Waals surface area contributed by atoms with E-state index in [-0.39, 0.29) is 12.7 Å². The molecule has 0 aromatic carbocycles. The molecule has 2 fully saturated rings. The van der Waals surface area contributed by atoms with Crippen molar-refractivity contribution < 1.29 is 20.1 Å². The van der Waals surface area contributed by atoms with E-state index < -0.39 is 17.8 Å². The van der Waals surface area contributed by atoms with E-state index in [9.17, 15) is 10.2 Å². The van der Waals surface area contributed by atoms with Crippen LogP contribution in [0.4, 0.5) is 0 Å². The maximum atomic E-state index is 9.35. The summed E-state index contributed by atoms with van der Waals surface area (Å²) in [6.07, 6.45) is -1.21. The molecule has 1 aliphatic carbocycles. The van der Waals surface area contributed by atoms with Gasteiger partial charge in [0.25, 0.3) is 0 Å². The van der Waals surface area contributed by atoms with E-state index in [0.29, 0.717) is 6.42 Å². The average molecular weight is 146 g/mol. The number of aliphatic hydroxyl groups is 3. The van der Waals surface area contributed by atoms with Gasteiger partial charge in [-0.05, 0) is 0 Å². The van der Waals surface area contributed by atoms with Crippen LogP contribution in [0, 0.1) is 0 Å². The van der Waals surface area contributed by atoms with Gasteiger partial charge in [-0.25, -0.2) is 0 Å². The predicted octanol–water partition coefficient (Wildman–Crippen LogP) is -1.76. The standard InChI is InChI=1S/C6H10O4/c7-2-3-5(8)6(9)1-4(6)10-3/h3-5,7-9H,1-2H2/t3?,4?,5-,6+/m1/s1. The second-order valence-corrected chi connectivity index (χ2v) is 2.99. The second kappa shape index (κ2) is 1.71. The van der Waals surface area contributed by atoms with Crippen molar-refractivity contribution in [1.29, 1.82) is 0 Å². The van der Waals surface area contributed by atoms with E-state index in [1.807, 2.05) is 0 Å². The topological polar surface area (TPSA) is 69.9 Å². The quantitative estimate of drug-likeness (QED) is 0.410. The molecule has 58 valence electrons. The smallest absolute Gasteiger partial charge is 0.122 e. The third kappa shape index (κ3) is 0.594. The van der Waals surface area contributed by atoms with Crippen LogP contribution in [0.25, 0.3) is 0 Å². The third-order valence-corrected chi connectivity index (χ3v) is 2.29. The highest BCUT2D eigenvalue weighted by atomic mass is 16.6. The Labute approximate surface area is 58.0 Å². The second-order valence-electron chi connectivity index (χ2n) is 2.99. The summed E-state index contributed by atoms with van der Waals surface area (Å²) in [5.74, 6) is 0. The van der Waals surface area contributed by atoms with Gasteiger partial charge in [-0.3, -0.25) is 0 Å². The van der Waals surface area contributed by atoms with Crippen LogP contribution < -0.4 is 0 Å². The number of aliphatic hydroxyl groups excluding tert-OH is 2. The Kier molecular flexibility index (Phi) is 1.12. The summed E-state index contributed by atoms with van der Waals surface area (Å²) < 4.78 is 5.05. The fourth-order valence-corrected chi connectivity index (χ4v) is 1.47. The zero-order valence-corrected chi connectivity index (χ0v) is 5.40. The molecule has 0 spiro atoms. The zero-order chi connectivity index (χ0) is 7.35. The summed E-state index contributed by atoms with van der Waals surface area (Å²) >= 11 is 0. The van der Waals surface area contributed by atoms with Gasteiger partial charge in [-0.2, -0.15) is 0 Å². The van der Waals surface area contributed by atoms with Gasteiger partial charge in [0, 0.05) is 6.42 Å². The molecule has 4 atom stereocenters. The molecule has 0 amide bonds. The van der Waals surface area contributed by atoms with Gasteiger partial charge in [0.2, 0.25) is 0 Å². The highest BCUT2D eigenvalue weighted by Crippen LogP contribution is 2.49. The van der Waals surface area contributed by atoms with Crippen LogP contribution >= 0.6 is 0 Å². The lowest BCUT2D eigenvalue weighted by Gasteiger charge is -2.16. The van der Waals surface area contributed by atoms with Crippen molar-refractivity contribution in [3.8, 4) is 0 Å². The lowest BCUT2D eigenvalue weighted by molar-refractivity contribution is -0.0488. The Bertz CT molecular complexity index is 160. The maximum absolute atomic E-state index is 9.35.